The van der Waals surface area contributed by atoms with Crippen LogP contribution in [0.15, 0.2) is 0 Å². The monoisotopic (exact) mass is 387 g/mol. The highest BCUT2D eigenvalue weighted by Gasteiger charge is 2.43. The molecule has 0 amide bonds. The van der Waals surface area contributed by atoms with E-state index in [0.29, 0.717) is 6.42 Å². The van der Waals surface area contributed by atoms with Crippen molar-refractivity contribution >= 4 is 41.3 Å². The van der Waals surface area contributed by atoms with Crippen molar-refractivity contribution in [3.8, 4) is 0 Å². The maximum absolute atomic E-state index is 10.4. The molecule has 0 aromatic rings. The number of hydrogen-bond acceptors (Lipinski definition) is 7. The van der Waals surface area contributed by atoms with Gasteiger partial charge in [0.25, 0.3) is 0 Å². The van der Waals surface area contributed by atoms with Crippen LogP contribution in [0.5, 0.6) is 0 Å². The molecule has 2 heterocycles. The molecule has 2 aliphatic heterocycles. The summed E-state index contributed by atoms with van der Waals surface area (Å²) in [5.74, 6) is -0.163. The summed E-state index contributed by atoms with van der Waals surface area (Å²) < 4.78 is 32.9. The molecule has 0 aliphatic carbocycles. The van der Waals surface area contributed by atoms with E-state index in [9.17, 15) is 4.89 Å². The predicted octanol–water partition coefficient (Wildman–Crippen LogP) is -0.301. The molecule has 12 heteroatoms. The molecule has 0 aromatic heterocycles. The van der Waals surface area contributed by atoms with Crippen LogP contribution in [0.1, 0.15) is 13.3 Å². The van der Waals surface area contributed by atoms with Crippen molar-refractivity contribution in [1.29, 1.82) is 0 Å². The van der Waals surface area contributed by atoms with Crippen molar-refractivity contribution in [1.82, 2.24) is 0 Å². The van der Waals surface area contributed by atoms with Crippen LogP contribution in [0.3, 0.4) is 0 Å². The molecule has 1 N–H and O–H groups in total. The number of hydrogen-bond donors (Lipinski definition) is 1. The first-order valence-corrected chi connectivity index (χ1v) is 10.7. The first kappa shape index (κ1) is 21.9. The zero-order chi connectivity index (χ0) is 18.6. The van der Waals surface area contributed by atoms with Crippen molar-refractivity contribution in [2.45, 2.75) is 49.8 Å². The Hall–Kier alpha value is 0.565. The zero-order valence-electron chi connectivity index (χ0n) is 14.6. The molecular weight excluding hydrogens is 364 g/mol. The molecule has 2 fully saturated rings. The summed E-state index contributed by atoms with van der Waals surface area (Å²) >= 11 is 5.13. The lowest BCUT2D eigenvalue weighted by atomic mass is 9.51. The standard InChI is InChI=1S/C13H23B3O7PS/c1-7-12(10(5-18-2)22-13(7)14)23-24(17,25)20-6-9-8(19-3)4-11(16-15)21-9/h7-13H,4-6H2,1-3H3,(H,17,25)/t7-,8?,9+,10+,11+,12?,13+,24?/m0/s1. The lowest BCUT2D eigenvalue weighted by Gasteiger charge is -2.27. The summed E-state index contributed by atoms with van der Waals surface area (Å²) in [5, 5.41) is 0. The zero-order valence-corrected chi connectivity index (χ0v) is 16.4. The van der Waals surface area contributed by atoms with Gasteiger partial charge in [-0.1, -0.05) is 6.92 Å². The van der Waals surface area contributed by atoms with Crippen molar-refractivity contribution in [3.63, 3.8) is 0 Å². The van der Waals surface area contributed by atoms with E-state index in [4.69, 9.17) is 55.4 Å². The fourth-order valence-electron chi connectivity index (χ4n) is 3.01. The second-order valence-corrected chi connectivity index (χ2v) is 8.99. The van der Waals surface area contributed by atoms with Gasteiger partial charge in [0.15, 0.2) is 0 Å². The highest BCUT2D eigenvalue weighted by Crippen LogP contribution is 2.49. The molecule has 5 radical (unpaired) electrons. The summed E-state index contributed by atoms with van der Waals surface area (Å²) in [4.78, 5) is 10.4. The first-order valence-electron chi connectivity index (χ1n) is 8.10. The third-order valence-corrected chi connectivity index (χ3v) is 6.03. The molecule has 0 spiro atoms. The molecule has 0 aromatic carbocycles. The smallest absolute Gasteiger partial charge is 0.324 e. The second-order valence-electron chi connectivity index (χ2n) is 6.20. The van der Waals surface area contributed by atoms with Gasteiger partial charge in [0.1, 0.15) is 20.1 Å². The Labute approximate surface area is 157 Å². The molecule has 2 rings (SSSR count). The Balaban J connectivity index is 1.91. The van der Waals surface area contributed by atoms with Crippen LogP contribution in [-0.2, 0) is 39.8 Å². The van der Waals surface area contributed by atoms with E-state index in [-0.39, 0.29) is 37.3 Å². The fraction of sp³-hybridized carbons (Fsp3) is 1.00. The number of methoxy groups -OCH3 is 2. The van der Waals surface area contributed by atoms with Gasteiger partial charge in [0, 0.05) is 39.9 Å². The third-order valence-electron chi connectivity index (χ3n) is 4.47. The molecule has 2 aliphatic rings. The van der Waals surface area contributed by atoms with Crippen LogP contribution in [0.2, 0.25) is 0 Å². The quantitative estimate of drug-likeness (QED) is 0.427. The third kappa shape index (κ3) is 5.77. The van der Waals surface area contributed by atoms with Crippen molar-refractivity contribution in [2.24, 2.45) is 5.92 Å². The van der Waals surface area contributed by atoms with Crippen LogP contribution < -0.4 is 0 Å². The van der Waals surface area contributed by atoms with Gasteiger partial charge >= 0.3 is 6.72 Å². The summed E-state index contributed by atoms with van der Waals surface area (Å²) in [6, 6.07) is -0.736. The summed E-state index contributed by atoms with van der Waals surface area (Å²) in [7, 11) is 16.0. The van der Waals surface area contributed by atoms with Crippen LogP contribution in [0.4, 0.5) is 0 Å². The van der Waals surface area contributed by atoms with Gasteiger partial charge in [-0.2, -0.15) is 0 Å². The fourth-order valence-corrected chi connectivity index (χ4v) is 4.52. The molecule has 0 saturated carbocycles. The summed E-state index contributed by atoms with van der Waals surface area (Å²) in [6.45, 7) is -1.33. The van der Waals surface area contributed by atoms with E-state index in [1.165, 1.54) is 7.17 Å². The Morgan fingerprint density at radius 3 is 2.60 bits per heavy atom. The topological polar surface area (TPSA) is 75.6 Å². The van der Waals surface area contributed by atoms with Gasteiger partial charge in [-0.25, -0.2) is 0 Å². The van der Waals surface area contributed by atoms with Crippen LogP contribution in [0, 0.1) is 5.92 Å². The lowest BCUT2D eigenvalue weighted by Crippen LogP contribution is -2.32. The van der Waals surface area contributed by atoms with Gasteiger partial charge in [-0.15, -0.1) is 0 Å². The highest BCUT2D eigenvalue weighted by atomic mass is 32.5. The van der Waals surface area contributed by atoms with E-state index in [1.54, 1.807) is 14.2 Å². The summed E-state index contributed by atoms with van der Waals surface area (Å²) in [5.41, 5.74) is 0. The van der Waals surface area contributed by atoms with Crippen molar-refractivity contribution in [2.75, 3.05) is 27.4 Å². The van der Waals surface area contributed by atoms with E-state index in [0.717, 1.165) is 0 Å². The largest absolute Gasteiger partial charge is 0.382 e. The van der Waals surface area contributed by atoms with Crippen LogP contribution in [-0.4, -0.2) is 91.5 Å². The molecule has 25 heavy (non-hydrogen) atoms. The minimum atomic E-state index is -3.52. The minimum absolute atomic E-state index is 0.0413. The van der Waals surface area contributed by atoms with Gasteiger partial charge in [-0.05, 0) is 18.2 Å². The molecule has 7 nitrogen and oxygen atoms in total. The molecule has 137 valence electrons. The predicted molar refractivity (Wildman–Crippen MR) is 98.4 cm³/mol. The maximum atomic E-state index is 10.4. The summed E-state index contributed by atoms with van der Waals surface area (Å²) in [6.07, 6.45) is -0.892. The lowest BCUT2D eigenvalue weighted by molar-refractivity contribution is -0.0310. The van der Waals surface area contributed by atoms with Crippen molar-refractivity contribution in [3.05, 3.63) is 0 Å². The molecule has 0 bridgehead atoms. The molecule has 8 atom stereocenters. The molecular formula is C13H23B3O7PS. The van der Waals surface area contributed by atoms with E-state index < -0.39 is 24.9 Å². The normalized spacial score (nSPS) is 40.9. The van der Waals surface area contributed by atoms with E-state index >= 15 is 0 Å². The number of ether oxygens (including phenoxy) is 4. The van der Waals surface area contributed by atoms with E-state index in [2.05, 4.69) is 0 Å². The Kier molecular flexibility index (Phi) is 8.45. The Morgan fingerprint density at radius 1 is 1.28 bits per heavy atom. The van der Waals surface area contributed by atoms with Gasteiger partial charge < -0.3 is 32.9 Å². The Bertz CT molecular complexity index is 477. The van der Waals surface area contributed by atoms with Gasteiger partial charge in [0.2, 0.25) is 0 Å². The minimum Gasteiger partial charge on any atom is -0.382 e. The SMILES string of the molecule is [B][B][C@H]1CC(OC)[C@@H](COP(O)(=S)OC2[C@@H](COC)O[C@@H]([B])[C@H]2C)O1. The van der Waals surface area contributed by atoms with Crippen LogP contribution in [0.25, 0.3) is 0 Å². The first-order chi connectivity index (χ1) is 11.8. The van der Waals surface area contributed by atoms with Crippen molar-refractivity contribution < 1.29 is 32.9 Å². The number of rotatable bonds is 9. The highest BCUT2D eigenvalue weighted by molar-refractivity contribution is 8.07. The van der Waals surface area contributed by atoms with Gasteiger partial charge in [0.05, 0.1) is 32.6 Å². The average Bonchev–Trinajstić information content (AvgIpc) is 3.09. The Morgan fingerprint density at radius 2 is 2.00 bits per heavy atom. The molecule has 2 saturated heterocycles. The molecule has 3 unspecified atom stereocenters. The average molecular weight is 387 g/mol. The maximum Gasteiger partial charge on any atom is 0.324 e. The van der Waals surface area contributed by atoms with Gasteiger partial charge in [-0.3, -0.25) is 0 Å². The van der Waals surface area contributed by atoms with E-state index in [1.807, 2.05) is 6.92 Å². The van der Waals surface area contributed by atoms with Crippen LogP contribution >= 0.6 is 6.72 Å². The second kappa shape index (κ2) is 9.67.